The van der Waals surface area contributed by atoms with E-state index in [2.05, 4.69) is 33.1 Å². The van der Waals surface area contributed by atoms with Crippen molar-refractivity contribution in [2.75, 3.05) is 20.3 Å². The highest BCUT2D eigenvalue weighted by atomic mass is 16.5. The molecular formula is C18H35NO2. The van der Waals surface area contributed by atoms with E-state index < -0.39 is 0 Å². The minimum absolute atomic E-state index is 0.0393. The fourth-order valence-electron chi connectivity index (χ4n) is 4.13. The van der Waals surface area contributed by atoms with Crippen LogP contribution in [0, 0.1) is 5.41 Å². The Balaban J connectivity index is 1.96. The van der Waals surface area contributed by atoms with Crippen molar-refractivity contribution in [1.82, 2.24) is 5.32 Å². The van der Waals surface area contributed by atoms with Crippen LogP contribution in [0.25, 0.3) is 0 Å². The van der Waals surface area contributed by atoms with Crippen LogP contribution in [-0.4, -0.2) is 38.0 Å². The first-order valence-electron chi connectivity index (χ1n) is 8.94. The summed E-state index contributed by atoms with van der Waals surface area (Å²) in [4.78, 5) is 0. The fourth-order valence-corrected chi connectivity index (χ4v) is 4.13. The van der Waals surface area contributed by atoms with Gasteiger partial charge in [-0.3, -0.25) is 0 Å². The van der Waals surface area contributed by atoms with Crippen molar-refractivity contribution in [3.8, 4) is 0 Å². The maximum Gasteiger partial charge on any atom is 0.0834 e. The van der Waals surface area contributed by atoms with Gasteiger partial charge in [-0.05, 0) is 70.8 Å². The highest BCUT2D eigenvalue weighted by Crippen LogP contribution is 2.44. The molecule has 0 bridgehead atoms. The maximum atomic E-state index is 6.33. The molecule has 0 aromatic carbocycles. The molecule has 2 fully saturated rings. The smallest absolute Gasteiger partial charge is 0.0834 e. The highest BCUT2D eigenvalue weighted by Gasteiger charge is 2.44. The Morgan fingerprint density at radius 3 is 2.48 bits per heavy atom. The molecule has 2 unspecified atom stereocenters. The van der Waals surface area contributed by atoms with Gasteiger partial charge in [0.2, 0.25) is 0 Å². The zero-order valence-electron chi connectivity index (χ0n) is 14.5. The molecule has 0 radical (unpaired) electrons. The number of nitrogens with one attached hydrogen (secondary N) is 1. The highest BCUT2D eigenvalue weighted by molar-refractivity contribution is 4.98. The fraction of sp³-hybridized carbons (Fsp3) is 1.00. The average molecular weight is 297 g/mol. The van der Waals surface area contributed by atoms with Crippen molar-refractivity contribution in [2.24, 2.45) is 5.41 Å². The van der Waals surface area contributed by atoms with Crippen molar-refractivity contribution in [3.63, 3.8) is 0 Å². The van der Waals surface area contributed by atoms with Crippen LogP contribution in [0.1, 0.15) is 72.1 Å². The Labute approximate surface area is 131 Å². The molecule has 0 aromatic rings. The van der Waals surface area contributed by atoms with Crippen molar-refractivity contribution in [3.05, 3.63) is 0 Å². The molecule has 1 saturated carbocycles. The van der Waals surface area contributed by atoms with Crippen LogP contribution in [-0.2, 0) is 9.47 Å². The molecule has 2 atom stereocenters. The minimum atomic E-state index is 0.0393. The number of likely N-dealkylation sites (N-methyl/N-ethyl adjacent to an activating group) is 1. The number of ether oxygens (including phenoxy) is 2. The molecule has 0 aromatic heterocycles. The molecular weight excluding hydrogens is 262 g/mol. The number of hydrogen-bond donors (Lipinski definition) is 1. The van der Waals surface area contributed by atoms with E-state index in [1.54, 1.807) is 0 Å². The Morgan fingerprint density at radius 1 is 1.24 bits per heavy atom. The van der Waals surface area contributed by atoms with Gasteiger partial charge < -0.3 is 14.8 Å². The van der Waals surface area contributed by atoms with Gasteiger partial charge in [0.1, 0.15) is 0 Å². The second kappa shape index (κ2) is 7.43. The lowest BCUT2D eigenvalue weighted by atomic mass is 9.67. The van der Waals surface area contributed by atoms with E-state index in [1.807, 2.05) is 0 Å². The molecule has 1 aliphatic carbocycles. The second-order valence-corrected chi connectivity index (χ2v) is 7.72. The van der Waals surface area contributed by atoms with Crippen molar-refractivity contribution in [2.45, 2.75) is 89.9 Å². The largest absolute Gasteiger partial charge is 0.378 e. The summed E-state index contributed by atoms with van der Waals surface area (Å²) in [6.45, 7) is 8.69. The van der Waals surface area contributed by atoms with Gasteiger partial charge in [0, 0.05) is 19.3 Å². The van der Waals surface area contributed by atoms with Gasteiger partial charge in [-0.1, -0.05) is 13.8 Å². The van der Waals surface area contributed by atoms with Gasteiger partial charge in [-0.25, -0.2) is 0 Å². The van der Waals surface area contributed by atoms with Crippen LogP contribution in [0.15, 0.2) is 0 Å². The Morgan fingerprint density at radius 2 is 1.95 bits per heavy atom. The third-order valence-electron chi connectivity index (χ3n) is 5.67. The van der Waals surface area contributed by atoms with Crippen LogP contribution in [0.2, 0.25) is 0 Å². The Kier molecular flexibility index (Phi) is 6.10. The summed E-state index contributed by atoms with van der Waals surface area (Å²) in [6, 6.07) is 0.456. The lowest BCUT2D eigenvalue weighted by Gasteiger charge is -2.48. The maximum absolute atomic E-state index is 6.33. The van der Waals surface area contributed by atoms with Crippen LogP contribution in [0.3, 0.4) is 0 Å². The molecule has 21 heavy (non-hydrogen) atoms. The minimum Gasteiger partial charge on any atom is -0.378 e. The van der Waals surface area contributed by atoms with Gasteiger partial charge in [0.25, 0.3) is 0 Å². The number of rotatable bonds is 7. The van der Waals surface area contributed by atoms with Crippen molar-refractivity contribution in [1.29, 1.82) is 0 Å². The third kappa shape index (κ3) is 4.43. The van der Waals surface area contributed by atoms with E-state index in [1.165, 1.54) is 51.4 Å². The topological polar surface area (TPSA) is 30.5 Å². The molecule has 3 heteroatoms. The normalized spacial score (nSPS) is 29.4. The van der Waals surface area contributed by atoms with E-state index >= 15 is 0 Å². The molecule has 1 N–H and O–H groups in total. The molecule has 2 rings (SSSR count). The molecule has 3 nitrogen and oxygen atoms in total. The van der Waals surface area contributed by atoms with E-state index in [-0.39, 0.29) is 5.60 Å². The van der Waals surface area contributed by atoms with E-state index in [0.29, 0.717) is 17.6 Å². The van der Waals surface area contributed by atoms with Gasteiger partial charge in [-0.15, -0.1) is 0 Å². The van der Waals surface area contributed by atoms with Crippen LogP contribution < -0.4 is 5.32 Å². The molecule has 0 amide bonds. The molecule has 1 heterocycles. The predicted octanol–water partition coefficient (Wildman–Crippen LogP) is 3.91. The lowest BCUT2D eigenvalue weighted by Crippen LogP contribution is -2.54. The van der Waals surface area contributed by atoms with Gasteiger partial charge in [0.05, 0.1) is 11.7 Å². The summed E-state index contributed by atoms with van der Waals surface area (Å²) in [7, 11) is 2.10. The van der Waals surface area contributed by atoms with Crippen molar-refractivity contribution < 1.29 is 9.47 Å². The summed E-state index contributed by atoms with van der Waals surface area (Å²) in [6.07, 6.45) is 10.2. The third-order valence-corrected chi connectivity index (χ3v) is 5.67. The number of hydrogen-bond acceptors (Lipinski definition) is 3. The summed E-state index contributed by atoms with van der Waals surface area (Å²) in [5.74, 6) is 0. The Hall–Kier alpha value is -0.120. The Bertz CT molecular complexity index is 300. The van der Waals surface area contributed by atoms with Crippen LogP contribution >= 0.6 is 0 Å². The van der Waals surface area contributed by atoms with Crippen molar-refractivity contribution >= 4 is 0 Å². The van der Waals surface area contributed by atoms with E-state index in [0.717, 1.165) is 13.2 Å². The summed E-state index contributed by atoms with van der Waals surface area (Å²) in [5.41, 5.74) is 0.519. The first kappa shape index (κ1) is 17.2. The zero-order chi connectivity index (χ0) is 15.3. The monoisotopic (exact) mass is 297 g/mol. The standard InChI is InChI=1S/C18H35NO2/c1-5-21-18(12-10-17(2,3)11-13-18)16(19-4)9-8-15-7-6-14-20-15/h15-16,19H,5-14H2,1-4H3. The van der Waals surface area contributed by atoms with E-state index in [9.17, 15) is 0 Å². The van der Waals surface area contributed by atoms with Crippen LogP contribution in [0.5, 0.6) is 0 Å². The lowest BCUT2D eigenvalue weighted by molar-refractivity contribution is -0.108. The first-order chi connectivity index (χ1) is 10.0. The first-order valence-corrected chi connectivity index (χ1v) is 8.94. The van der Waals surface area contributed by atoms with Gasteiger partial charge in [0.15, 0.2) is 0 Å². The van der Waals surface area contributed by atoms with E-state index in [4.69, 9.17) is 9.47 Å². The second-order valence-electron chi connectivity index (χ2n) is 7.72. The molecule has 2 aliphatic rings. The zero-order valence-corrected chi connectivity index (χ0v) is 14.5. The molecule has 1 aliphatic heterocycles. The van der Waals surface area contributed by atoms with Gasteiger partial charge >= 0.3 is 0 Å². The molecule has 0 spiro atoms. The summed E-state index contributed by atoms with van der Waals surface area (Å²) < 4.78 is 12.1. The summed E-state index contributed by atoms with van der Waals surface area (Å²) in [5, 5.41) is 3.57. The molecule has 1 saturated heterocycles. The molecule has 124 valence electrons. The summed E-state index contributed by atoms with van der Waals surface area (Å²) >= 11 is 0. The predicted molar refractivity (Wildman–Crippen MR) is 87.7 cm³/mol. The van der Waals surface area contributed by atoms with Crippen LogP contribution in [0.4, 0.5) is 0 Å². The van der Waals surface area contributed by atoms with Gasteiger partial charge in [-0.2, -0.15) is 0 Å². The SMILES string of the molecule is CCOC1(C(CCC2CCCO2)NC)CCC(C)(C)CC1. The average Bonchev–Trinajstić information content (AvgIpc) is 2.96. The quantitative estimate of drug-likeness (QED) is 0.773.